The molecule has 0 amide bonds. The van der Waals surface area contributed by atoms with Crippen LogP contribution < -0.4 is 0 Å². The molecule has 1 aromatic carbocycles. The molecular weight excluding hydrogens is 192 g/mol. The van der Waals surface area contributed by atoms with E-state index in [1.54, 1.807) is 36.4 Å². The Labute approximate surface area is 88.2 Å². The Bertz CT molecular complexity index is 489. The number of hydrogen-bond donors (Lipinski definition) is 0. The molecule has 0 N–H and O–H groups in total. The summed E-state index contributed by atoms with van der Waals surface area (Å²) < 4.78 is 4.47. The van der Waals surface area contributed by atoms with E-state index in [1.165, 1.54) is 0 Å². The quantitative estimate of drug-likeness (QED) is 0.419. The number of hydrogen-bond acceptors (Lipinski definition) is 3. The lowest BCUT2D eigenvalue weighted by Gasteiger charge is -1.94. The van der Waals surface area contributed by atoms with Gasteiger partial charge in [-0.25, -0.2) is 9.59 Å². The van der Waals surface area contributed by atoms with Gasteiger partial charge in [0.2, 0.25) is 0 Å². The Kier molecular flexibility index (Phi) is 2.21. The molecule has 1 heterocycles. The van der Waals surface area contributed by atoms with Crippen molar-refractivity contribution in [2.24, 2.45) is 0 Å². The third-order valence-electron chi connectivity index (χ3n) is 2.09. The number of fused-ring (bicyclic) bond motifs is 1. The number of rotatable bonds is 2. The summed E-state index contributed by atoms with van der Waals surface area (Å²) >= 11 is 0. The number of ether oxygens (including phenoxy) is 1. The first kappa shape index (κ1) is 9.40. The van der Waals surface area contributed by atoms with Crippen molar-refractivity contribution >= 4 is 18.0 Å². The van der Waals surface area contributed by atoms with Gasteiger partial charge < -0.3 is 4.74 Å². The van der Waals surface area contributed by atoms with E-state index in [2.05, 4.69) is 11.3 Å². The number of benzene rings is 1. The fraction of sp³-hybridized carbons (Fsp3) is 0. The predicted octanol–water partition coefficient (Wildman–Crippen LogP) is 2.31. The average Bonchev–Trinajstić information content (AvgIpc) is 2.52. The van der Waals surface area contributed by atoms with Gasteiger partial charge in [-0.1, -0.05) is 30.9 Å². The Hall–Kier alpha value is -2.16. The lowest BCUT2D eigenvalue weighted by Crippen LogP contribution is -1.96. The zero-order valence-electron chi connectivity index (χ0n) is 8.90. The van der Waals surface area contributed by atoms with E-state index in [1.807, 2.05) is 0 Å². The fourth-order valence-electron chi connectivity index (χ4n) is 1.39. The maximum Gasteiger partial charge on any atom is 1.00 e. The van der Waals surface area contributed by atoms with E-state index < -0.39 is 11.9 Å². The molecule has 3 heteroatoms. The second-order valence-electron chi connectivity index (χ2n) is 3.08. The van der Waals surface area contributed by atoms with Gasteiger partial charge in [-0.3, -0.25) is 0 Å². The number of carbonyl (C=O) groups is 2. The van der Waals surface area contributed by atoms with Gasteiger partial charge in [-0.15, -0.1) is 0 Å². The molecule has 0 fully saturated rings. The molecule has 15 heavy (non-hydrogen) atoms. The van der Waals surface area contributed by atoms with Gasteiger partial charge in [-0.05, 0) is 17.7 Å². The highest BCUT2D eigenvalue weighted by Crippen LogP contribution is 2.21. The number of carbonyl (C=O) groups excluding carboxylic acids is 2. The van der Waals surface area contributed by atoms with Crippen LogP contribution in [0.4, 0.5) is 0 Å². The van der Waals surface area contributed by atoms with Gasteiger partial charge in [0, 0.05) is 0 Å². The normalized spacial score (nSPS) is 14.1. The lowest BCUT2D eigenvalue weighted by molar-refractivity contribution is 0.0444. The molecule has 0 aliphatic carbocycles. The first-order chi connectivity index (χ1) is 7.22. The van der Waals surface area contributed by atoms with E-state index in [0.717, 1.165) is 5.56 Å². The van der Waals surface area contributed by atoms with Crippen molar-refractivity contribution in [3.05, 3.63) is 53.6 Å². The molecule has 1 aliphatic heterocycles. The summed E-state index contributed by atoms with van der Waals surface area (Å²) in [5.74, 6) is -1.15. The Balaban J connectivity index is 0.00000128. The molecule has 0 radical (unpaired) electrons. The highest BCUT2D eigenvalue weighted by molar-refractivity contribution is 6.14. The van der Waals surface area contributed by atoms with Crippen molar-refractivity contribution in [1.82, 2.24) is 0 Å². The van der Waals surface area contributed by atoms with Crippen LogP contribution in [0.3, 0.4) is 0 Å². The highest BCUT2D eigenvalue weighted by Gasteiger charge is 2.29. The van der Waals surface area contributed by atoms with Gasteiger partial charge in [-0.2, -0.15) is 0 Å². The molecule has 1 aromatic rings. The van der Waals surface area contributed by atoms with Crippen molar-refractivity contribution < 1.29 is 15.8 Å². The molecule has 0 spiro atoms. The minimum atomic E-state index is -0.580. The summed E-state index contributed by atoms with van der Waals surface area (Å²) in [5.41, 5.74) is 1.49. The number of cyclic esters (lactones) is 2. The third kappa shape index (κ3) is 1.59. The summed E-state index contributed by atoms with van der Waals surface area (Å²) in [5, 5.41) is 0. The Morgan fingerprint density at radius 2 is 1.93 bits per heavy atom. The summed E-state index contributed by atoms with van der Waals surface area (Å²) in [7, 11) is 0. The van der Waals surface area contributed by atoms with Crippen molar-refractivity contribution in [2.45, 2.75) is 0 Å². The van der Waals surface area contributed by atoms with Crippen molar-refractivity contribution in [3.8, 4) is 0 Å². The third-order valence-corrected chi connectivity index (χ3v) is 2.09. The highest BCUT2D eigenvalue weighted by atomic mass is 16.6. The standard InChI is InChI=1S/C12H8O3/c1-2-3-4-8-5-6-9-10(7-8)12(14)15-11(9)13/h2-7H,1H2/p+1. The first-order valence-electron chi connectivity index (χ1n) is 4.42. The molecule has 1 aliphatic rings. The van der Waals surface area contributed by atoms with Gasteiger partial charge >= 0.3 is 13.4 Å². The van der Waals surface area contributed by atoms with E-state index in [0.29, 0.717) is 11.1 Å². The fourth-order valence-corrected chi connectivity index (χ4v) is 1.39. The predicted molar refractivity (Wildman–Crippen MR) is 56.5 cm³/mol. The maximum atomic E-state index is 11.2. The van der Waals surface area contributed by atoms with Crippen LogP contribution in [0.25, 0.3) is 6.08 Å². The van der Waals surface area contributed by atoms with Crippen LogP contribution in [0.2, 0.25) is 0 Å². The Morgan fingerprint density at radius 3 is 2.67 bits per heavy atom. The largest absolute Gasteiger partial charge is 1.00 e. The lowest BCUT2D eigenvalue weighted by atomic mass is 10.1. The van der Waals surface area contributed by atoms with Crippen LogP contribution >= 0.6 is 0 Å². The molecule has 3 nitrogen and oxygen atoms in total. The smallest absolute Gasteiger partial charge is 0.386 e. The van der Waals surface area contributed by atoms with E-state index >= 15 is 0 Å². The molecule has 0 aromatic heterocycles. The maximum absolute atomic E-state index is 11.2. The van der Waals surface area contributed by atoms with Crippen molar-refractivity contribution in [3.63, 3.8) is 0 Å². The monoisotopic (exact) mass is 201 g/mol. The number of allylic oxidation sites excluding steroid dienone is 2. The summed E-state index contributed by atoms with van der Waals surface area (Å²) in [6, 6.07) is 4.96. The van der Waals surface area contributed by atoms with Crippen LogP contribution in [0.5, 0.6) is 0 Å². The Morgan fingerprint density at radius 1 is 1.20 bits per heavy atom. The van der Waals surface area contributed by atoms with Crippen molar-refractivity contribution in [2.75, 3.05) is 0 Å². The van der Waals surface area contributed by atoms with E-state index in [-0.39, 0.29) is 1.43 Å². The summed E-state index contributed by atoms with van der Waals surface area (Å²) in [6.45, 7) is 3.54. The van der Waals surface area contributed by atoms with Crippen LogP contribution in [0.1, 0.15) is 27.7 Å². The van der Waals surface area contributed by atoms with Gasteiger partial charge in [0.25, 0.3) is 0 Å². The molecule has 0 unspecified atom stereocenters. The summed E-state index contributed by atoms with van der Waals surface area (Å²) in [4.78, 5) is 22.3. The summed E-state index contributed by atoms with van der Waals surface area (Å²) in [6.07, 6.45) is 5.18. The zero-order chi connectivity index (χ0) is 10.8. The second-order valence-corrected chi connectivity index (χ2v) is 3.08. The minimum Gasteiger partial charge on any atom is -0.386 e. The van der Waals surface area contributed by atoms with Crippen LogP contribution in [0, 0.1) is 0 Å². The molecule has 2 rings (SSSR count). The first-order valence-corrected chi connectivity index (χ1v) is 4.42. The average molecular weight is 201 g/mol. The van der Waals surface area contributed by atoms with Gasteiger partial charge in [0.15, 0.2) is 0 Å². The molecule has 0 bridgehead atoms. The topological polar surface area (TPSA) is 43.4 Å². The van der Waals surface area contributed by atoms with E-state index in [4.69, 9.17) is 0 Å². The number of esters is 2. The molecule has 0 saturated carbocycles. The minimum absolute atomic E-state index is 0. The van der Waals surface area contributed by atoms with Crippen LogP contribution in [0.15, 0.2) is 36.9 Å². The van der Waals surface area contributed by atoms with Gasteiger partial charge in [0.05, 0.1) is 11.1 Å². The second kappa shape index (κ2) is 3.53. The molecular formula is C12H9O3+. The zero-order valence-corrected chi connectivity index (χ0v) is 7.90. The van der Waals surface area contributed by atoms with Crippen molar-refractivity contribution in [1.29, 1.82) is 0 Å². The molecule has 74 valence electrons. The van der Waals surface area contributed by atoms with Crippen LogP contribution in [-0.4, -0.2) is 11.9 Å². The molecule has 0 atom stereocenters. The SMILES string of the molecule is C=CC=Cc1ccc2c(c1)C(=O)OC2=O.[H+]. The molecule has 0 saturated heterocycles. The van der Waals surface area contributed by atoms with Gasteiger partial charge in [0.1, 0.15) is 0 Å². The van der Waals surface area contributed by atoms with E-state index in [9.17, 15) is 9.59 Å². The van der Waals surface area contributed by atoms with Crippen LogP contribution in [-0.2, 0) is 4.74 Å².